The van der Waals surface area contributed by atoms with Gasteiger partial charge in [0, 0.05) is 6.21 Å². The topological polar surface area (TPSA) is 50.7 Å². The predicted octanol–water partition coefficient (Wildman–Crippen LogP) is 4.69. The van der Waals surface area contributed by atoms with E-state index in [1.165, 1.54) is 0 Å². The van der Waals surface area contributed by atoms with Gasteiger partial charge in [-0.15, -0.1) is 0 Å². The third-order valence-electron chi connectivity index (χ3n) is 3.78. The number of ether oxygens (including phenoxy) is 1. The van der Waals surface area contributed by atoms with Crippen molar-refractivity contribution >= 4 is 18.2 Å². The number of para-hydroxylation sites is 1. The molecular formula is C23H20N2O2. The van der Waals surface area contributed by atoms with Crippen molar-refractivity contribution in [2.24, 2.45) is 5.10 Å². The number of benzene rings is 3. The highest BCUT2D eigenvalue weighted by Crippen LogP contribution is 2.19. The van der Waals surface area contributed by atoms with Crippen LogP contribution in [0.2, 0.25) is 0 Å². The molecule has 0 atom stereocenters. The highest BCUT2D eigenvalue weighted by molar-refractivity contribution is 5.97. The molecule has 4 heteroatoms. The van der Waals surface area contributed by atoms with Crippen LogP contribution in [0.15, 0.2) is 96.1 Å². The minimum atomic E-state index is -0.317. The maximum Gasteiger partial charge on any atom is 0.275 e. The van der Waals surface area contributed by atoms with Crippen LogP contribution >= 0.6 is 0 Å². The Balaban J connectivity index is 1.58. The summed E-state index contributed by atoms with van der Waals surface area (Å²) in [6.07, 6.45) is 5.22. The molecule has 0 saturated heterocycles. The van der Waals surface area contributed by atoms with Crippen molar-refractivity contribution < 1.29 is 9.53 Å². The summed E-state index contributed by atoms with van der Waals surface area (Å²) in [5.74, 6) is 0.205. The van der Waals surface area contributed by atoms with Crippen molar-refractivity contribution in [1.82, 2.24) is 5.43 Å². The molecule has 0 aliphatic rings. The number of allylic oxidation sites excluding steroid dienone is 1. The zero-order valence-electron chi connectivity index (χ0n) is 14.8. The second-order valence-electron chi connectivity index (χ2n) is 5.76. The van der Waals surface area contributed by atoms with Crippen molar-refractivity contribution in [3.63, 3.8) is 0 Å². The average Bonchev–Trinajstić information content (AvgIpc) is 2.73. The summed E-state index contributed by atoms with van der Waals surface area (Å²) in [5.41, 5.74) is 5.07. The normalized spacial score (nSPS) is 11.0. The van der Waals surface area contributed by atoms with E-state index >= 15 is 0 Å². The molecule has 0 aliphatic carbocycles. The maximum atomic E-state index is 12.4. The van der Waals surface area contributed by atoms with Gasteiger partial charge < -0.3 is 4.74 Å². The Morgan fingerprint density at radius 2 is 1.56 bits per heavy atom. The van der Waals surface area contributed by atoms with Gasteiger partial charge in [-0.25, -0.2) is 5.43 Å². The van der Waals surface area contributed by atoms with Crippen LogP contribution in [0.1, 0.15) is 21.5 Å². The van der Waals surface area contributed by atoms with E-state index in [-0.39, 0.29) is 5.91 Å². The number of carbonyl (C=O) groups is 1. The van der Waals surface area contributed by atoms with Crippen molar-refractivity contribution in [1.29, 1.82) is 0 Å². The second kappa shape index (κ2) is 9.73. The van der Waals surface area contributed by atoms with Gasteiger partial charge in [-0.1, -0.05) is 78.9 Å². The monoisotopic (exact) mass is 356 g/mol. The van der Waals surface area contributed by atoms with Crippen LogP contribution in [-0.4, -0.2) is 12.1 Å². The van der Waals surface area contributed by atoms with Gasteiger partial charge >= 0.3 is 0 Å². The summed E-state index contributed by atoms with van der Waals surface area (Å²) < 4.78 is 5.80. The molecule has 0 heterocycles. The number of carbonyl (C=O) groups excluding carboxylic acids is 1. The maximum absolute atomic E-state index is 12.4. The quantitative estimate of drug-likeness (QED) is 0.493. The van der Waals surface area contributed by atoms with Gasteiger partial charge in [-0.05, 0) is 29.3 Å². The van der Waals surface area contributed by atoms with Gasteiger partial charge in [0.1, 0.15) is 12.4 Å². The van der Waals surface area contributed by atoms with Crippen LogP contribution in [0.4, 0.5) is 0 Å². The molecule has 1 amide bonds. The molecule has 0 fully saturated rings. The van der Waals surface area contributed by atoms with E-state index in [4.69, 9.17) is 4.74 Å². The highest BCUT2D eigenvalue weighted by Gasteiger charge is 2.11. The van der Waals surface area contributed by atoms with Crippen molar-refractivity contribution in [2.45, 2.75) is 6.61 Å². The Morgan fingerprint density at radius 1 is 0.889 bits per heavy atom. The van der Waals surface area contributed by atoms with Gasteiger partial charge in [0.05, 0.1) is 5.56 Å². The van der Waals surface area contributed by atoms with Crippen LogP contribution in [0.25, 0.3) is 6.08 Å². The number of rotatable bonds is 7. The van der Waals surface area contributed by atoms with Crippen molar-refractivity contribution in [2.75, 3.05) is 0 Å². The lowest BCUT2D eigenvalue weighted by Crippen LogP contribution is -2.18. The Hall–Kier alpha value is -3.66. The predicted molar refractivity (Wildman–Crippen MR) is 109 cm³/mol. The van der Waals surface area contributed by atoms with Crippen LogP contribution in [0, 0.1) is 0 Å². The molecule has 0 aliphatic heterocycles. The molecule has 0 bridgehead atoms. The number of hydrazone groups is 1. The second-order valence-corrected chi connectivity index (χ2v) is 5.76. The van der Waals surface area contributed by atoms with Gasteiger partial charge in [-0.2, -0.15) is 5.10 Å². The molecule has 0 spiro atoms. The number of nitrogens with one attached hydrogen (secondary N) is 1. The Bertz CT molecular complexity index is 919. The zero-order chi connectivity index (χ0) is 18.7. The van der Waals surface area contributed by atoms with E-state index in [2.05, 4.69) is 10.5 Å². The summed E-state index contributed by atoms with van der Waals surface area (Å²) in [5, 5.41) is 3.96. The molecule has 0 radical (unpaired) electrons. The summed E-state index contributed by atoms with van der Waals surface area (Å²) >= 11 is 0. The third kappa shape index (κ3) is 5.68. The smallest absolute Gasteiger partial charge is 0.275 e. The van der Waals surface area contributed by atoms with Crippen LogP contribution in [0.5, 0.6) is 5.75 Å². The third-order valence-corrected chi connectivity index (χ3v) is 3.78. The lowest BCUT2D eigenvalue weighted by atomic mass is 10.2. The molecule has 0 saturated carbocycles. The summed E-state index contributed by atoms with van der Waals surface area (Å²) in [6, 6.07) is 26.8. The minimum absolute atomic E-state index is 0.317. The largest absolute Gasteiger partial charge is 0.488 e. The Labute approximate surface area is 158 Å². The van der Waals surface area contributed by atoms with Gasteiger partial charge in [0.15, 0.2) is 0 Å². The van der Waals surface area contributed by atoms with Gasteiger partial charge in [0.25, 0.3) is 5.91 Å². The first-order valence-corrected chi connectivity index (χ1v) is 8.64. The Kier molecular flexibility index (Phi) is 6.54. The summed E-state index contributed by atoms with van der Waals surface area (Å²) in [7, 11) is 0. The fraction of sp³-hybridized carbons (Fsp3) is 0.0435. The number of amides is 1. The number of nitrogens with zero attached hydrogens (tertiary/aromatic N) is 1. The lowest BCUT2D eigenvalue weighted by molar-refractivity contribution is 0.0950. The molecule has 134 valence electrons. The van der Waals surface area contributed by atoms with E-state index in [9.17, 15) is 4.79 Å². The molecule has 27 heavy (non-hydrogen) atoms. The summed E-state index contributed by atoms with van der Waals surface area (Å²) in [4.78, 5) is 12.4. The molecular weight excluding hydrogens is 336 g/mol. The fourth-order valence-electron chi connectivity index (χ4n) is 2.43. The molecule has 3 rings (SSSR count). The van der Waals surface area contributed by atoms with Gasteiger partial charge in [-0.3, -0.25) is 4.79 Å². The zero-order valence-corrected chi connectivity index (χ0v) is 14.8. The molecule has 4 nitrogen and oxygen atoms in total. The van der Waals surface area contributed by atoms with E-state index in [0.717, 1.165) is 11.1 Å². The minimum Gasteiger partial charge on any atom is -0.488 e. The molecule has 1 N–H and O–H groups in total. The van der Waals surface area contributed by atoms with E-state index in [1.807, 2.05) is 72.8 Å². The molecule has 0 unspecified atom stereocenters. The first kappa shape index (κ1) is 18.1. The van der Waals surface area contributed by atoms with Crippen molar-refractivity contribution in [3.05, 3.63) is 108 Å². The van der Waals surface area contributed by atoms with E-state index in [0.29, 0.717) is 17.9 Å². The molecule has 3 aromatic rings. The first-order valence-electron chi connectivity index (χ1n) is 8.64. The first-order chi connectivity index (χ1) is 13.3. The number of hydrogen-bond acceptors (Lipinski definition) is 3. The Morgan fingerprint density at radius 3 is 2.33 bits per heavy atom. The van der Waals surface area contributed by atoms with Crippen LogP contribution in [0.3, 0.4) is 0 Å². The van der Waals surface area contributed by atoms with Gasteiger partial charge in [0.2, 0.25) is 0 Å². The van der Waals surface area contributed by atoms with Crippen molar-refractivity contribution in [3.8, 4) is 5.75 Å². The van der Waals surface area contributed by atoms with E-state index in [1.54, 1.807) is 30.5 Å². The fourth-order valence-corrected chi connectivity index (χ4v) is 2.43. The average molecular weight is 356 g/mol. The van der Waals surface area contributed by atoms with Crippen LogP contribution < -0.4 is 10.2 Å². The highest BCUT2D eigenvalue weighted by atomic mass is 16.5. The standard InChI is InChI=1S/C23H20N2O2/c26-23(25-24-17-9-14-19-10-3-1-4-11-19)21-15-7-8-16-22(21)27-18-20-12-5-2-6-13-20/h1-17H,18H2,(H,25,26)/b14-9+,24-17+. The number of hydrogen-bond donors (Lipinski definition) is 1. The summed E-state index contributed by atoms with van der Waals surface area (Å²) in [6.45, 7) is 0.397. The lowest BCUT2D eigenvalue weighted by Gasteiger charge is -2.10. The van der Waals surface area contributed by atoms with E-state index < -0.39 is 0 Å². The SMILES string of the molecule is O=C(N/N=C/C=C/c1ccccc1)c1ccccc1OCc1ccccc1. The van der Waals surface area contributed by atoms with Crippen LogP contribution in [-0.2, 0) is 6.61 Å². The molecule has 3 aromatic carbocycles. The molecule has 0 aromatic heterocycles.